The van der Waals surface area contributed by atoms with Crippen LogP contribution in [0.5, 0.6) is 0 Å². The van der Waals surface area contributed by atoms with Crippen molar-refractivity contribution in [2.75, 3.05) is 6.54 Å². The Morgan fingerprint density at radius 2 is 2.12 bits per heavy atom. The van der Waals surface area contributed by atoms with Gasteiger partial charge in [-0.15, -0.1) is 6.42 Å². The third-order valence-electron chi connectivity index (χ3n) is 2.30. The molecule has 1 atom stereocenters. The summed E-state index contributed by atoms with van der Waals surface area (Å²) in [5.41, 5.74) is 7.00. The number of carbonyl (C=O) groups excluding carboxylic acids is 1. The maximum atomic E-state index is 11.3. The summed E-state index contributed by atoms with van der Waals surface area (Å²) >= 11 is 0. The van der Waals surface area contributed by atoms with Gasteiger partial charge in [-0.05, 0) is 12.0 Å². The lowest BCUT2D eigenvalue weighted by Crippen LogP contribution is -2.24. The third kappa shape index (κ3) is 4.16. The van der Waals surface area contributed by atoms with E-state index in [9.17, 15) is 4.79 Å². The highest BCUT2D eigenvalue weighted by Gasteiger charge is 2.07. The van der Waals surface area contributed by atoms with Crippen LogP contribution >= 0.6 is 0 Å². The molecule has 0 fully saturated rings. The minimum atomic E-state index is -0.0993. The van der Waals surface area contributed by atoms with E-state index in [2.05, 4.69) is 11.2 Å². The second-order valence-electron chi connectivity index (χ2n) is 3.54. The van der Waals surface area contributed by atoms with E-state index in [1.165, 1.54) is 0 Å². The molecule has 3 heteroatoms. The van der Waals surface area contributed by atoms with Crippen molar-refractivity contribution < 1.29 is 4.79 Å². The van der Waals surface area contributed by atoms with Crippen LogP contribution in [-0.2, 0) is 4.79 Å². The van der Waals surface area contributed by atoms with Crippen LogP contribution in [0.15, 0.2) is 30.3 Å². The molecule has 1 aromatic rings. The van der Waals surface area contributed by atoms with E-state index in [0.717, 1.165) is 5.56 Å². The van der Waals surface area contributed by atoms with E-state index in [1.807, 2.05) is 30.3 Å². The molecule has 0 radical (unpaired) electrons. The molecule has 0 saturated carbocycles. The number of nitrogens with one attached hydrogen (secondary N) is 1. The molecular formula is C13H16N2O. The Labute approximate surface area is 96.0 Å². The van der Waals surface area contributed by atoms with Gasteiger partial charge in [-0.25, -0.2) is 0 Å². The fourth-order valence-corrected chi connectivity index (χ4v) is 1.39. The number of nitrogens with two attached hydrogens (primary N) is 1. The summed E-state index contributed by atoms with van der Waals surface area (Å²) < 4.78 is 0. The van der Waals surface area contributed by atoms with Gasteiger partial charge in [-0.2, -0.15) is 0 Å². The van der Waals surface area contributed by atoms with Crippen molar-refractivity contribution in [3.05, 3.63) is 35.9 Å². The predicted molar refractivity (Wildman–Crippen MR) is 64.4 cm³/mol. The van der Waals surface area contributed by atoms with Gasteiger partial charge in [0.15, 0.2) is 0 Å². The minimum absolute atomic E-state index is 0.0515. The summed E-state index contributed by atoms with van der Waals surface area (Å²) in [5, 5.41) is 2.61. The molecular weight excluding hydrogens is 200 g/mol. The summed E-state index contributed by atoms with van der Waals surface area (Å²) in [4.78, 5) is 11.3. The van der Waals surface area contributed by atoms with Crippen LogP contribution in [0.25, 0.3) is 0 Å². The molecule has 0 bridgehead atoms. The largest absolute Gasteiger partial charge is 0.345 e. The van der Waals surface area contributed by atoms with Crippen LogP contribution in [0.3, 0.4) is 0 Å². The van der Waals surface area contributed by atoms with E-state index in [4.69, 9.17) is 12.2 Å². The predicted octanol–water partition coefficient (Wildman–Crippen LogP) is 1.22. The molecule has 1 amide bonds. The van der Waals surface area contributed by atoms with Crippen molar-refractivity contribution in [3.8, 4) is 12.3 Å². The Morgan fingerprint density at radius 1 is 1.44 bits per heavy atom. The maximum Gasteiger partial charge on any atom is 0.220 e. The molecule has 1 aromatic carbocycles. The van der Waals surface area contributed by atoms with E-state index in [0.29, 0.717) is 12.8 Å². The van der Waals surface area contributed by atoms with Crippen molar-refractivity contribution in [2.24, 2.45) is 5.73 Å². The molecule has 0 aromatic heterocycles. The van der Waals surface area contributed by atoms with Crippen molar-refractivity contribution in [1.29, 1.82) is 0 Å². The van der Waals surface area contributed by atoms with Crippen LogP contribution in [-0.4, -0.2) is 12.5 Å². The second kappa shape index (κ2) is 6.65. The summed E-state index contributed by atoms with van der Waals surface area (Å²) in [5.74, 6) is 2.30. The van der Waals surface area contributed by atoms with Gasteiger partial charge in [0.2, 0.25) is 5.91 Å². The van der Waals surface area contributed by atoms with E-state index in [1.54, 1.807) is 0 Å². The highest BCUT2D eigenvalue weighted by molar-refractivity contribution is 5.76. The first-order chi connectivity index (χ1) is 7.74. The third-order valence-corrected chi connectivity index (χ3v) is 2.30. The highest BCUT2D eigenvalue weighted by Crippen LogP contribution is 2.14. The molecule has 16 heavy (non-hydrogen) atoms. The van der Waals surface area contributed by atoms with Gasteiger partial charge in [-0.3, -0.25) is 4.79 Å². The fraction of sp³-hybridized carbons (Fsp3) is 0.308. The van der Waals surface area contributed by atoms with Gasteiger partial charge >= 0.3 is 0 Å². The molecule has 0 heterocycles. The molecule has 0 spiro atoms. The average Bonchev–Trinajstić information content (AvgIpc) is 2.34. The monoisotopic (exact) mass is 216 g/mol. The molecule has 1 unspecified atom stereocenters. The zero-order chi connectivity index (χ0) is 11.8. The molecule has 1 rings (SSSR count). The number of amides is 1. The lowest BCUT2D eigenvalue weighted by atomic mass is 10.0. The van der Waals surface area contributed by atoms with Crippen molar-refractivity contribution in [1.82, 2.24) is 5.32 Å². The Bertz CT molecular complexity index is 367. The van der Waals surface area contributed by atoms with Crippen molar-refractivity contribution in [2.45, 2.75) is 18.9 Å². The van der Waals surface area contributed by atoms with Crippen molar-refractivity contribution in [3.63, 3.8) is 0 Å². The average molecular weight is 216 g/mol. The SMILES string of the molecule is C#CCNC(=O)CCC(N)c1ccccc1. The van der Waals surface area contributed by atoms with Crippen molar-refractivity contribution >= 4 is 5.91 Å². The standard InChI is InChI=1S/C13H16N2O/c1-2-10-15-13(16)9-8-12(14)11-6-4-3-5-7-11/h1,3-7,12H,8-10,14H2,(H,15,16). The minimum Gasteiger partial charge on any atom is -0.345 e. The zero-order valence-electron chi connectivity index (χ0n) is 9.15. The van der Waals surface area contributed by atoms with E-state index in [-0.39, 0.29) is 18.5 Å². The molecule has 84 valence electrons. The van der Waals surface area contributed by atoms with Gasteiger partial charge in [-0.1, -0.05) is 36.3 Å². The summed E-state index contributed by atoms with van der Waals surface area (Å²) in [6.45, 7) is 0.277. The summed E-state index contributed by atoms with van der Waals surface area (Å²) in [6.07, 6.45) is 6.06. The zero-order valence-corrected chi connectivity index (χ0v) is 9.15. The molecule has 3 nitrogen and oxygen atoms in total. The van der Waals surface area contributed by atoms with Crippen LogP contribution in [0.2, 0.25) is 0 Å². The smallest absolute Gasteiger partial charge is 0.220 e. The number of benzene rings is 1. The Hall–Kier alpha value is -1.79. The van der Waals surface area contributed by atoms with Crippen LogP contribution in [0.1, 0.15) is 24.4 Å². The van der Waals surface area contributed by atoms with Gasteiger partial charge in [0.1, 0.15) is 0 Å². The number of hydrogen-bond acceptors (Lipinski definition) is 2. The summed E-state index contributed by atoms with van der Waals surface area (Å²) in [7, 11) is 0. The first-order valence-corrected chi connectivity index (χ1v) is 5.24. The number of carbonyl (C=O) groups is 1. The maximum absolute atomic E-state index is 11.3. The summed E-state index contributed by atoms with van der Waals surface area (Å²) in [6, 6.07) is 9.64. The van der Waals surface area contributed by atoms with Crippen LogP contribution < -0.4 is 11.1 Å². The Morgan fingerprint density at radius 3 is 2.75 bits per heavy atom. The lowest BCUT2D eigenvalue weighted by molar-refractivity contribution is -0.121. The molecule has 0 aliphatic rings. The van der Waals surface area contributed by atoms with Gasteiger partial charge in [0.25, 0.3) is 0 Å². The first-order valence-electron chi connectivity index (χ1n) is 5.24. The molecule has 3 N–H and O–H groups in total. The van der Waals surface area contributed by atoms with Crippen LogP contribution in [0, 0.1) is 12.3 Å². The number of terminal acetylenes is 1. The molecule has 0 saturated heterocycles. The van der Waals surface area contributed by atoms with Gasteiger partial charge in [0, 0.05) is 12.5 Å². The van der Waals surface area contributed by atoms with Crippen LogP contribution in [0.4, 0.5) is 0 Å². The van der Waals surface area contributed by atoms with E-state index >= 15 is 0 Å². The Kier molecular flexibility index (Phi) is 5.10. The topological polar surface area (TPSA) is 55.1 Å². The first kappa shape index (κ1) is 12.3. The number of hydrogen-bond donors (Lipinski definition) is 2. The number of rotatable bonds is 5. The lowest BCUT2D eigenvalue weighted by Gasteiger charge is -2.11. The normalized spacial score (nSPS) is 11.5. The molecule has 0 aliphatic heterocycles. The highest BCUT2D eigenvalue weighted by atomic mass is 16.1. The fourth-order valence-electron chi connectivity index (χ4n) is 1.39. The van der Waals surface area contributed by atoms with E-state index < -0.39 is 0 Å². The van der Waals surface area contributed by atoms with Gasteiger partial charge < -0.3 is 11.1 Å². The van der Waals surface area contributed by atoms with Gasteiger partial charge in [0.05, 0.1) is 6.54 Å². The molecule has 0 aliphatic carbocycles. The quantitative estimate of drug-likeness (QED) is 0.727. The Balaban J connectivity index is 2.33. The second-order valence-corrected chi connectivity index (χ2v) is 3.54.